The Balaban J connectivity index is 2.29. The summed E-state index contributed by atoms with van der Waals surface area (Å²) in [6, 6.07) is 4.37. The Bertz CT molecular complexity index is 774. The highest BCUT2D eigenvalue weighted by molar-refractivity contribution is 7.80. The average molecular weight is 346 g/mol. The molecule has 0 spiro atoms. The van der Waals surface area contributed by atoms with Crippen molar-refractivity contribution in [2.75, 3.05) is 25.6 Å². The van der Waals surface area contributed by atoms with Gasteiger partial charge in [-0.3, -0.25) is 0 Å². The second-order valence-electron chi connectivity index (χ2n) is 4.56. The molecule has 124 valence electrons. The summed E-state index contributed by atoms with van der Waals surface area (Å²) >= 11 is 5.03. The van der Waals surface area contributed by atoms with Crippen LogP contribution < -0.4 is 16.3 Å². The van der Waals surface area contributed by atoms with E-state index in [1.807, 2.05) is 0 Å². The predicted molar refractivity (Wildman–Crippen MR) is 83.6 cm³/mol. The third kappa shape index (κ3) is 4.42. The Labute approximate surface area is 134 Å². The van der Waals surface area contributed by atoms with Crippen LogP contribution in [0.25, 0.3) is 11.0 Å². The summed E-state index contributed by atoms with van der Waals surface area (Å²) < 4.78 is 48.5. The van der Waals surface area contributed by atoms with Crippen molar-refractivity contribution in [3.63, 3.8) is 0 Å². The van der Waals surface area contributed by atoms with Gasteiger partial charge in [0.15, 0.2) is 5.11 Å². The summed E-state index contributed by atoms with van der Waals surface area (Å²) in [6.07, 6.45) is -4.64. The van der Waals surface area contributed by atoms with Crippen molar-refractivity contribution in [1.82, 2.24) is 5.32 Å². The van der Waals surface area contributed by atoms with E-state index in [9.17, 15) is 18.0 Å². The Kier molecular flexibility index (Phi) is 5.22. The van der Waals surface area contributed by atoms with Gasteiger partial charge in [0.2, 0.25) is 0 Å². The molecule has 5 nitrogen and oxygen atoms in total. The Hall–Kier alpha value is -2.13. The van der Waals surface area contributed by atoms with Crippen LogP contribution in [0, 0.1) is 0 Å². The molecule has 0 bridgehead atoms. The zero-order valence-corrected chi connectivity index (χ0v) is 12.8. The lowest BCUT2D eigenvalue weighted by Gasteiger charge is -2.12. The maximum absolute atomic E-state index is 12.9. The van der Waals surface area contributed by atoms with Crippen LogP contribution in [0.2, 0.25) is 0 Å². The van der Waals surface area contributed by atoms with Gasteiger partial charge < -0.3 is 19.8 Å². The summed E-state index contributed by atoms with van der Waals surface area (Å²) in [5.41, 5.74) is -1.87. The van der Waals surface area contributed by atoms with E-state index in [0.717, 1.165) is 0 Å². The summed E-state index contributed by atoms with van der Waals surface area (Å²) in [5.74, 6) is 0. The molecule has 1 heterocycles. The molecule has 1 aromatic heterocycles. The SMILES string of the molecule is COCCNC(=S)Nc1ccc2c(C(F)(F)F)cc(=O)oc2c1. The number of fused-ring (bicyclic) bond motifs is 1. The molecule has 0 amide bonds. The molecular weight excluding hydrogens is 333 g/mol. The van der Waals surface area contributed by atoms with E-state index in [1.54, 1.807) is 7.11 Å². The van der Waals surface area contributed by atoms with Gasteiger partial charge in [-0.15, -0.1) is 0 Å². The zero-order chi connectivity index (χ0) is 17.0. The second-order valence-corrected chi connectivity index (χ2v) is 4.97. The first-order valence-electron chi connectivity index (χ1n) is 6.50. The van der Waals surface area contributed by atoms with Crippen LogP contribution >= 0.6 is 12.2 Å². The highest BCUT2D eigenvalue weighted by Gasteiger charge is 2.33. The lowest BCUT2D eigenvalue weighted by Crippen LogP contribution is -2.31. The molecule has 0 fully saturated rings. The van der Waals surface area contributed by atoms with E-state index >= 15 is 0 Å². The number of rotatable bonds is 4. The largest absolute Gasteiger partial charge is 0.423 e. The molecular formula is C14H13F3N2O3S. The minimum atomic E-state index is -4.64. The van der Waals surface area contributed by atoms with Crippen LogP contribution in [0.4, 0.5) is 18.9 Å². The predicted octanol–water partition coefficient (Wildman–Crippen LogP) is 2.74. The number of methoxy groups -OCH3 is 1. The van der Waals surface area contributed by atoms with Crippen LogP contribution in [0.1, 0.15) is 5.56 Å². The third-order valence-corrected chi connectivity index (χ3v) is 3.15. The van der Waals surface area contributed by atoms with Crippen LogP contribution in [-0.4, -0.2) is 25.4 Å². The number of benzene rings is 1. The number of alkyl halides is 3. The Morgan fingerprint density at radius 3 is 2.74 bits per heavy atom. The summed E-state index contributed by atoms with van der Waals surface area (Å²) in [6.45, 7) is 0.923. The number of nitrogens with one attached hydrogen (secondary N) is 2. The molecule has 0 aliphatic heterocycles. The maximum Gasteiger partial charge on any atom is 0.417 e. The number of thiocarbonyl (C=S) groups is 1. The molecule has 1 aromatic carbocycles. The molecule has 9 heteroatoms. The molecule has 0 saturated heterocycles. The number of ether oxygens (including phenoxy) is 1. The molecule has 2 N–H and O–H groups in total. The van der Waals surface area contributed by atoms with Gasteiger partial charge in [0.05, 0.1) is 12.2 Å². The highest BCUT2D eigenvalue weighted by atomic mass is 32.1. The number of hydrogen-bond acceptors (Lipinski definition) is 4. The first kappa shape index (κ1) is 17.2. The minimum Gasteiger partial charge on any atom is -0.423 e. The summed E-state index contributed by atoms with van der Waals surface area (Å²) in [5, 5.41) is 5.72. The average Bonchev–Trinajstić information content (AvgIpc) is 2.45. The number of hydrogen-bond donors (Lipinski definition) is 2. The molecule has 2 aromatic rings. The van der Waals surface area contributed by atoms with Gasteiger partial charge >= 0.3 is 11.8 Å². The molecule has 23 heavy (non-hydrogen) atoms. The molecule has 0 aliphatic rings. The van der Waals surface area contributed by atoms with E-state index < -0.39 is 17.4 Å². The van der Waals surface area contributed by atoms with Gasteiger partial charge in [-0.25, -0.2) is 4.79 Å². The molecule has 0 radical (unpaired) electrons. The normalized spacial score (nSPS) is 11.5. The van der Waals surface area contributed by atoms with Crippen LogP contribution in [0.5, 0.6) is 0 Å². The first-order chi connectivity index (χ1) is 10.8. The molecule has 0 unspecified atom stereocenters. The number of halogens is 3. The van der Waals surface area contributed by atoms with Gasteiger partial charge in [-0.05, 0) is 24.4 Å². The standard InChI is InChI=1S/C14H13F3N2O3S/c1-21-5-4-18-13(23)19-8-2-3-9-10(14(15,16)17)7-12(20)22-11(9)6-8/h2-3,6-7H,4-5H2,1H3,(H2,18,19,23). The first-order valence-corrected chi connectivity index (χ1v) is 6.91. The van der Waals surface area contributed by atoms with Crippen molar-refractivity contribution in [3.05, 3.63) is 40.2 Å². The van der Waals surface area contributed by atoms with E-state index in [2.05, 4.69) is 10.6 Å². The van der Waals surface area contributed by atoms with Crippen molar-refractivity contribution in [2.45, 2.75) is 6.18 Å². The van der Waals surface area contributed by atoms with Crippen molar-refractivity contribution < 1.29 is 22.3 Å². The van der Waals surface area contributed by atoms with Crippen molar-refractivity contribution in [1.29, 1.82) is 0 Å². The van der Waals surface area contributed by atoms with Gasteiger partial charge in [0, 0.05) is 36.9 Å². The van der Waals surface area contributed by atoms with Crippen LogP contribution in [0.3, 0.4) is 0 Å². The van der Waals surface area contributed by atoms with Gasteiger partial charge in [-0.1, -0.05) is 0 Å². The minimum absolute atomic E-state index is 0.172. The van der Waals surface area contributed by atoms with Crippen molar-refractivity contribution >= 4 is 34.0 Å². The van der Waals surface area contributed by atoms with Crippen LogP contribution in [-0.2, 0) is 10.9 Å². The van der Waals surface area contributed by atoms with E-state index in [4.69, 9.17) is 21.4 Å². The fourth-order valence-corrected chi connectivity index (χ4v) is 2.14. The van der Waals surface area contributed by atoms with Gasteiger partial charge in [0.1, 0.15) is 5.58 Å². The van der Waals surface area contributed by atoms with Crippen molar-refractivity contribution in [3.8, 4) is 0 Å². The topological polar surface area (TPSA) is 63.5 Å². The van der Waals surface area contributed by atoms with Crippen LogP contribution in [0.15, 0.2) is 33.5 Å². The third-order valence-electron chi connectivity index (χ3n) is 2.90. The molecule has 2 rings (SSSR count). The van der Waals surface area contributed by atoms with E-state index in [1.165, 1.54) is 18.2 Å². The summed E-state index contributed by atoms with van der Waals surface area (Å²) in [7, 11) is 1.54. The fraction of sp³-hybridized carbons (Fsp3) is 0.286. The van der Waals surface area contributed by atoms with E-state index in [-0.39, 0.29) is 16.1 Å². The Morgan fingerprint density at radius 1 is 1.35 bits per heavy atom. The lowest BCUT2D eigenvalue weighted by atomic mass is 10.1. The van der Waals surface area contributed by atoms with Crippen molar-refractivity contribution in [2.24, 2.45) is 0 Å². The van der Waals surface area contributed by atoms with Gasteiger partial charge in [0.25, 0.3) is 0 Å². The summed E-state index contributed by atoms with van der Waals surface area (Å²) in [4.78, 5) is 11.3. The second kappa shape index (κ2) is 6.97. The highest BCUT2D eigenvalue weighted by Crippen LogP contribution is 2.34. The monoisotopic (exact) mass is 346 g/mol. The Morgan fingerprint density at radius 2 is 2.09 bits per heavy atom. The number of anilines is 1. The van der Waals surface area contributed by atoms with E-state index in [0.29, 0.717) is 24.9 Å². The van der Waals surface area contributed by atoms with Gasteiger partial charge in [-0.2, -0.15) is 13.2 Å². The molecule has 0 aliphatic carbocycles. The maximum atomic E-state index is 12.9. The smallest absolute Gasteiger partial charge is 0.417 e. The molecule has 0 atom stereocenters. The quantitative estimate of drug-likeness (QED) is 0.504. The lowest BCUT2D eigenvalue weighted by molar-refractivity contribution is -0.136. The zero-order valence-electron chi connectivity index (χ0n) is 12.0. The molecule has 0 saturated carbocycles. The fourth-order valence-electron chi connectivity index (χ4n) is 1.92.